The Morgan fingerprint density at radius 3 is 2.69 bits per heavy atom. The number of amidine groups is 1. The minimum atomic E-state index is -0.298. The van der Waals surface area contributed by atoms with Crippen LogP contribution in [0.15, 0.2) is 16.6 Å². The molecule has 4 nitrogen and oxygen atoms in total. The molecule has 16 heavy (non-hydrogen) atoms. The second kappa shape index (κ2) is 3.59. The van der Waals surface area contributed by atoms with Gasteiger partial charge in [-0.3, -0.25) is 9.69 Å². The second-order valence-electron chi connectivity index (χ2n) is 4.57. The molecule has 2 heterocycles. The average Bonchev–Trinajstić information content (AvgIpc) is 2.69. The van der Waals surface area contributed by atoms with E-state index in [-0.39, 0.29) is 11.4 Å². The number of carbonyl (C=O) groups excluding carboxylic acids is 1. The molecule has 1 aliphatic rings. The smallest absolute Gasteiger partial charge is 0.270 e. The molecule has 1 amide bonds. The van der Waals surface area contributed by atoms with Crippen molar-refractivity contribution >= 4 is 23.1 Å². The SMILES string of the molecule is CO/N=C1\c2ccsc2C(=O)N1C(C)(C)C. The lowest BCUT2D eigenvalue weighted by molar-refractivity contribution is 0.0760. The van der Waals surface area contributed by atoms with Crippen molar-refractivity contribution in [2.24, 2.45) is 5.16 Å². The molecule has 0 atom stereocenters. The van der Waals surface area contributed by atoms with Gasteiger partial charge < -0.3 is 4.84 Å². The lowest BCUT2D eigenvalue weighted by Gasteiger charge is -2.31. The molecule has 2 rings (SSSR count). The molecule has 0 N–H and O–H groups in total. The highest BCUT2D eigenvalue weighted by Gasteiger charge is 2.41. The predicted molar refractivity (Wildman–Crippen MR) is 63.8 cm³/mol. The third-order valence-corrected chi connectivity index (χ3v) is 3.27. The molecular weight excluding hydrogens is 224 g/mol. The minimum absolute atomic E-state index is 0.00769. The van der Waals surface area contributed by atoms with E-state index in [0.717, 1.165) is 10.4 Å². The van der Waals surface area contributed by atoms with Crippen LogP contribution in [0, 0.1) is 0 Å². The maximum atomic E-state index is 12.2. The van der Waals surface area contributed by atoms with E-state index in [0.29, 0.717) is 5.84 Å². The van der Waals surface area contributed by atoms with Crippen molar-refractivity contribution in [1.82, 2.24) is 4.90 Å². The van der Waals surface area contributed by atoms with Gasteiger partial charge in [0.25, 0.3) is 5.91 Å². The monoisotopic (exact) mass is 238 g/mol. The summed E-state index contributed by atoms with van der Waals surface area (Å²) in [5.41, 5.74) is 0.569. The maximum Gasteiger partial charge on any atom is 0.270 e. The second-order valence-corrected chi connectivity index (χ2v) is 5.49. The molecule has 86 valence electrons. The van der Waals surface area contributed by atoms with E-state index in [9.17, 15) is 4.79 Å². The first kappa shape index (κ1) is 11.1. The van der Waals surface area contributed by atoms with Crippen LogP contribution in [0.25, 0.3) is 0 Å². The Morgan fingerprint density at radius 1 is 1.44 bits per heavy atom. The van der Waals surface area contributed by atoms with Crippen molar-refractivity contribution in [3.8, 4) is 0 Å². The van der Waals surface area contributed by atoms with Gasteiger partial charge in [-0.25, -0.2) is 0 Å². The number of nitrogens with zero attached hydrogens (tertiary/aromatic N) is 2. The Balaban J connectivity index is 2.55. The van der Waals surface area contributed by atoms with Crippen LogP contribution in [0.5, 0.6) is 0 Å². The standard InChI is InChI=1S/C11H14N2O2S/c1-11(2,3)13-9(12-15-4)7-5-6-16-8(7)10(13)14/h5-6H,1-4H3/b12-9+. The lowest BCUT2D eigenvalue weighted by Crippen LogP contribution is -2.45. The Morgan fingerprint density at radius 2 is 2.12 bits per heavy atom. The number of fused-ring (bicyclic) bond motifs is 1. The first-order chi connectivity index (χ1) is 7.46. The van der Waals surface area contributed by atoms with Crippen molar-refractivity contribution in [2.45, 2.75) is 26.3 Å². The summed E-state index contributed by atoms with van der Waals surface area (Å²) in [7, 11) is 1.49. The number of thiophene rings is 1. The Kier molecular flexibility index (Phi) is 2.50. The first-order valence-electron chi connectivity index (χ1n) is 5.00. The molecular formula is C11H14N2O2S. The Labute approximate surface area is 98.5 Å². The van der Waals surface area contributed by atoms with E-state index >= 15 is 0 Å². The Hall–Kier alpha value is -1.36. The molecule has 0 saturated carbocycles. The molecule has 1 aliphatic heterocycles. The molecule has 0 spiro atoms. The van der Waals surface area contributed by atoms with Crippen LogP contribution in [0.2, 0.25) is 0 Å². The Bertz CT molecular complexity index is 457. The largest absolute Gasteiger partial charge is 0.397 e. The van der Waals surface area contributed by atoms with Gasteiger partial charge >= 0.3 is 0 Å². The van der Waals surface area contributed by atoms with E-state index in [4.69, 9.17) is 4.84 Å². The summed E-state index contributed by atoms with van der Waals surface area (Å²) in [5.74, 6) is 0.615. The van der Waals surface area contributed by atoms with E-state index in [2.05, 4.69) is 5.16 Å². The molecule has 0 saturated heterocycles. The topological polar surface area (TPSA) is 41.9 Å². The number of hydrogen-bond acceptors (Lipinski definition) is 4. The van der Waals surface area contributed by atoms with Gasteiger partial charge in [-0.05, 0) is 32.2 Å². The van der Waals surface area contributed by atoms with Gasteiger partial charge in [0.1, 0.15) is 12.0 Å². The third-order valence-electron chi connectivity index (χ3n) is 2.36. The molecule has 1 aromatic rings. The molecule has 0 radical (unpaired) electrons. The van der Waals surface area contributed by atoms with Crippen LogP contribution in [0.3, 0.4) is 0 Å². The van der Waals surface area contributed by atoms with Crippen molar-refractivity contribution in [3.63, 3.8) is 0 Å². The van der Waals surface area contributed by atoms with E-state index in [1.165, 1.54) is 18.4 Å². The summed E-state index contributed by atoms with van der Waals surface area (Å²) in [5, 5.41) is 5.86. The van der Waals surface area contributed by atoms with Crippen LogP contribution >= 0.6 is 11.3 Å². The number of hydrogen-bond donors (Lipinski definition) is 0. The third kappa shape index (κ3) is 1.51. The minimum Gasteiger partial charge on any atom is -0.397 e. The van der Waals surface area contributed by atoms with Crippen LogP contribution in [-0.4, -0.2) is 29.3 Å². The van der Waals surface area contributed by atoms with Crippen LogP contribution in [-0.2, 0) is 4.84 Å². The predicted octanol–water partition coefficient (Wildman–Crippen LogP) is 2.31. The van der Waals surface area contributed by atoms with Gasteiger partial charge in [0, 0.05) is 11.1 Å². The summed E-state index contributed by atoms with van der Waals surface area (Å²) < 4.78 is 0. The molecule has 0 fully saturated rings. The summed E-state index contributed by atoms with van der Waals surface area (Å²) in [4.78, 5) is 19.4. The molecule has 0 unspecified atom stereocenters. The van der Waals surface area contributed by atoms with Crippen molar-refractivity contribution in [3.05, 3.63) is 21.9 Å². The molecule has 0 bridgehead atoms. The number of rotatable bonds is 1. The van der Waals surface area contributed by atoms with Gasteiger partial charge in [0.05, 0.1) is 0 Å². The highest BCUT2D eigenvalue weighted by Crippen LogP contribution is 2.33. The van der Waals surface area contributed by atoms with Crippen LogP contribution in [0.1, 0.15) is 36.0 Å². The fourth-order valence-electron chi connectivity index (χ4n) is 1.77. The summed E-state index contributed by atoms with van der Waals surface area (Å²) in [6, 6.07) is 1.90. The average molecular weight is 238 g/mol. The molecule has 0 aliphatic carbocycles. The highest BCUT2D eigenvalue weighted by molar-refractivity contribution is 7.12. The van der Waals surface area contributed by atoms with E-state index in [1.54, 1.807) is 4.90 Å². The quantitative estimate of drug-likeness (QED) is 0.704. The van der Waals surface area contributed by atoms with E-state index in [1.807, 2.05) is 32.2 Å². The van der Waals surface area contributed by atoms with Gasteiger partial charge in [0.15, 0.2) is 5.84 Å². The van der Waals surface area contributed by atoms with Gasteiger partial charge in [-0.15, -0.1) is 11.3 Å². The zero-order valence-corrected chi connectivity index (χ0v) is 10.6. The van der Waals surface area contributed by atoms with Crippen LogP contribution in [0.4, 0.5) is 0 Å². The van der Waals surface area contributed by atoms with Crippen molar-refractivity contribution < 1.29 is 9.63 Å². The normalized spacial score (nSPS) is 18.1. The lowest BCUT2D eigenvalue weighted by atomic mass is 10.1. The molecule has 0 aromatic carbocycles. The van der Waals surface area contributed by atoms with Crippen LogP contribution < -0.4 is 0 Å². The number of oxime groups is 1. The van der Waals surface area contributed by atoms with Crippen molar-refractivity contribution in [2.75, 3.05) is 7.11 Å². The summed E-state index contributed by atoms with van der Waals surface area (Å²) in [6.07, 6.45) is 0. The zero-order chi connectivity index (χ0) is 11.9. The number of carbonyl (C=O) groups is 1. The number of amides is 1. The summed E-state index contributed by atoms with van der Waals surface area (Å²) >= 11 is 1.44. The molecule has 1 aromatic heterocycles. The fourth-order valence-corrected chi connectivity index (χ4v) is 2.59. The molecule has 5 heteroatoms. The highest BCUT2D eigenvalue weighted by atomic mass is 32.1. The van der Waals surface area contributed by atoms with Gasteiger partial charge in [0.2, 0.25) is 0 Å². The van der Waals surface area contributed by atoms with Crippen molar-refractivity contribution in [1.29, 1.82) is 0 Å². The van der Waals surface area contributed by atoms with Gasteiger partial charge in [-0.1, -0.05) is 5.16 Å². The van der Waals surface area contributed by atoms with E-state index < -0.39 is 0 Å². The fraction of sp³-hybridized carbons (Fsp3) is 0.455. The first-order valence-corrected chi connectivity index (χ1v) is 5.88. The summed E-state index contributed by atoms with van der Waals surface area (Å²) in [6.45, 7) is 5.94. The maximum absolute atomic E-state index is 12.2. The van der Waals surface area contributed by atoms with Gasteiger partial charge in [-0.2, -0.15) is 0 Å². The zero-order valence-electron chi connectivity index (χ0n) is 9.77.